The van der Waals surface area contributed by atoms with Crippen LogP contribution in [-0.4, -0.2) is 23.5 Å². The number of benzene rings is 1. The van der Waals surface area contributed by atoms with Gasteiger partial charge in [-0.1, -0.05) is 0 Å². The van der Waals surface area contributed by atoms with E-state index in [0.717, 1.165) is 5.56 Å². The predicted molar refractivity (Wildman–Crippen MR) is 46.4 cm³/mol. The van der Waals surface area contributed by atoms with E-state index < -0.39 is 0 Å². The van der Waals surface area contributed by atoms with Gasteiger partial charge in [0.2, 0.25) is 0 Å². The van der Waals surface area contributed by atoms with E-state index in [1.807, 2.05) is 0 Å². The van der Waals surface area contributed by atoms with Gasteiger partial charge in [-0.25, -0.2) is 0 Å². The lowest BCUT2D eigenvalue weighted by molar-refractivity contribution is 0.403. The Bertz CT molecular complexity index is 297. The van der Waals surface area contributed by atoms with Crippen molar-refractivity contribution in [3.63, 3.8) is 0 Å². The summed E-state index contributed by atoms with van der Waals surface area (Å²) in [5, 5.41) is 21.8. The van der Waals surface area contributed by atoms with Crippen LogP contribution in [0.1, 0.15) is 5.56 Å². The number of hydrogen-bond donors (Lipinski definition) is 3. The summed E-state index contributed by atoms with van der Waals surface area (Å²) in [5.41, 5.74) is 3.30. The van der Waals surface area contributed by atoms with Crippen molar-refractivity contribution in [2.24, 2.45) is 5.10 Å². The molecule has 1 aromatic carbocycles. The number of aromatic hydroxyl groups is 2. The van der Waals surface area contributed by atoms with Crippen LogP contribution < -0.4 is 5.43 Å². The van der Waals surface area contributed by atoms with Crippen LogP contribution in [0.4, 0.5) is 0 Å². The maximum absolute atomic E-state index is 9.07. The highest BCUT2D eigenvalue weighted by molar-refractivity contribution is 5.80. The Morgan fingerprint density at radius 1 is 1.33 bits per heavy atom. The van der Waals surface area contributed by atoms with Crippen LogP contribution in [-0.2, 0) is 0 Å². The molecule has 0 aromatic heterocycles. The number of nitrogens with one attached hydrogen (secondary N) is 1. The summed E-state index contributed by atoms with van der Waals surface area (Å²) in [6, 6.07) is 4.48. The Balaban J connectivity index is 2.89. The normalized spacial score (nSPS) is 10.4. The van der Waals surface area contributed by atoms with Gasteiger partial charge >= 0.3 is 0 Å². The molecule has 0 fully saturated rings. The van der Waals surface area contributed by atoms with Crippen LogP contribution in [0.25, 0.3) is 0 Å². The zero-order chi connectivity index (χ0) is 8.97. The summed E-state index contributed by atoms with van der Waals surface area (Å²) >= 11 is 0. The van der Waals surface area contributed by atoms with E-state index in [2.05, 4.69) is 10.5 Å². The van der Waals surface area contributed by atoms with Gasteiger partial charge < -0.3 is 15.6 Å². The summed E-state index contributed by atoms with van der Waals surface area (Å²) in [6.45, 7) is 0. The van der Waals surface area contributed by atoms with Gasteiger partial charge in [-0.3, -0.25) is 0 Å². The topological polar surface area (TPSA) is 64.9 Å². The molecule has 0 saturated carbocycles. The Hall–Kier alpha value is -1.71. The lowest BCUT2D eigenvalue weighted by Gasteiger charge is -1.97. The maximum Gasteiger partial charge on any atom is 0.158 e. The van der Waals surface area contributed by atoms with Gasteiger partial charge in [0.25, 0.3) is 0 Å². The van der Waals surface area contributed by atoms with E-state index in [1.54, 1.807) is 19.3 Å². The van der Waals surface area contributed by atoms with Gasteiger partial charge in [-0.05, 0) is 23.8 Å². The molecule has 4 heteroatoms. The predicted octanol–water partition coefficient (Wildman–Crippen LogP) is 0.651. The van der Waals surface area contributed by atoms with Crippen LogP contribution in [0.3, 0.4) is 0 Å². The molecular formula is C8H10N2O2. The minimum Gasteiger partial charge on any atom is -0.504 e. The second-order valence-corrected chi connectivity index (χ2v) is 2.23. The Morgan fingerprint density at radius 3 is 2.67 bits per heavy atom. The molecule has 0 unspecified atom stereocenters. The van der Waals surface area contributed by atoms with Crippen molar-refractivity contribution in [3.05, 3.63) is 23.8 Å². The van der Waals surface area contributed by atoms with E-state index in [4.69, 9.17) is 10.2 Å². The Kier molecular flexibility index (Phi) is 2.53. The molecular weight excluding hydrogens is 156 g/mol. The summed E-state index contributed by atoms with van der Waals surface area (Å²) < 4.78 is 0. The first-order chi connectivity index (χ1) is 5.74. The molecule has 3 N–H and O–H groups in total. The number of phenolic OH excluding ortho intramolecular Hbond substituents is 2. The second-order valence-electron chi connectivity index (χ2n) is 2.23. The van der Waals surface area contributed by atoms with Gasteiger partial charge in [0.15, 0.2) is 11.5 Å². The van der Waals surface area contributed by atoms with Crippen LogP contribution in [0.15, 0.2) is 23.3 Å². The summed E-state index contributed by atoms with van der Waals surface area (Å²) in [7, 11) is 1.68. The zero-order valence-corrected chi connectivity index (χ0v) is 6.65. The molecule has 0 atom stereocenters. The first-order valence-corrected chi connectivity index (χ1v) is 3.46. The van der Waals surface area contributed by atoms with Gasteiger partial charge in [-0.2, -0.15) is 5.10 Å². The van der Waals surface area contributed by atoms with E-state index in [-0.39, 0.29) is 11.5 Å². The molecule has 0 saturated heterocycles. The fraction of sp³-hybridized carbons (Fsp3) is 0.125. The largest absolute Gasteiger partial charge is 0.504 e. The molecule has 4 nitrogen and oxygen atoms in total. The molecule has 1 aromatic rings. The molecule has 1 rings (SSSR count). The van der Waals surface area contributed by atoms with Crippen LogP contribution in [0.5, 0.6) is 11.5 Å². The molecule has 64 valence electrons. The average molecular weight is 166 g/mol. The number of phenols is 2. The van der Waals surface area contributed by atoms with Crippen molar-refractivity contribution in [3.8, 4) is 11.5 Å². The van der Waals surface area contributed by atoms with Gasteiger partial charge in [0, 0.05) is 7.05 Å². The fourth-order valence-corrected chi connectivity index (χ4v) is 0.760. The number of nitrogens with zero attached hydrogens (tertiary/aromatic N) is 1. The first kappa shape index (κ1) is 8.39. The van der Waals surface area contributed by atoms with E-state index >= 15 is 0 Å². The van der Waals surface area contributed by atoms with Crippen molar-refractivity contribution in [1.82, 2.24) is 5.43 Å². The minimum absolute atomic E-state index is 0.128. The highest BCUT2D eigenvalue weighted by atomic mass is 16.3. The fourth-order valence-electron chi connectivity index (χ4n) is 0.760. The second kappa shape index (κ2) is 3.61. The smallest absolute Gasteiger partial charge is 0.158 e. The zero-order valence-electron chi connectivity index (χ0n) is 6.65. The summed E-state index contributed by atoms with van der Waals surface area (Å²) in [5.74, 6) is -0.272. The van der Waals surface area contributed by atoms with E-state index in [0.29, 0.717) is 0 Å². The average Bonchev–Trinajstić information content (AvgIpc) is 2.07. The van der Waals surface area contributed by atoms with Crippen molar-refractivity contribution < 1.29 is 10.2 Å². The molecule has 0 bridgehead atoms. The van der Waals surface area contributed by atoms with Crippen LogP contribution >= 0.6 is 0 Å². The SMILES string of the molecule is CNN=Cc1ccc(O)c(O)c1. The number of hydrazone groups is 1. The molecule has 0 aliphatic rings. The summed E-state index contributed by atoms with van der Waals surface area (Å²) in [6.07, 6.45) is 1.54. The third kappa shape index (κ3) is 1.88. The van der Waals surface area contributed by atoms with E-state index in [1.165, 1.54) is 12.1 Å². The Morgan fingerprint density at radius 2 is 2.08 bits per heavy atom. The van der Waals surface area contributed by atoms with Gasteiger partial charge in [0.05, 0.1) is 6.21 Å². The third-order valence-corrected chi connectivity index (χ3v) is 1.34. The quantitative estimate of drug-likeness (QED) is 0.343. The monoisotopic (exact) mass is 166 g/mol. The third-order valence-electron chi connectivity index (χ3n) is 1.34. The molecule has 0 spiro atoms. The van der Waals surface area contributed by atoms with Crippen molar-refractivity contribution >= 4 is 6.21 Å². The van der Waals surface area contributed by atoms with Crippen molar-refractivity contribution in [1.29, 1.82) is 0 Å². The molecule has 0 aliphatic heterocycles. The molecule has 0 radical (unpaired) electrons. The van der Waals surface area contributed by atoms with Gasteiger partial charge in [-0.15, -0.1) is 0 Å². The van der Waals surface area contributed by atoms with Crippen molar-refractivity contribution in [2.75, 3.05) is 7.05 Å². The van der Waals surface area contributed by atoms with Crippen LogP contribution in [0.2, 0.25) is 0 Å². The highest BCUT2D eigenvalue weighted by Crippen LogP contribution is 2.23. The standard InChI is InChI=1S/C8H10N2O2/c1-9-10-5-6-2-3-7(11)8(12)4-6/h2-5,9,11-12H,1H3. The highest BCUT2D eigenvalue weighted by Gasteiger charge is 1.97. The lowest BCUT2D eigenvalue weighted by atomic mass is 10.2. The number of rotatable bonds is 2. The maximum atomic E-state index is 9.07. The number of hydrogen-bond acceptors (Lipinski definition) is 4. The van der Waals surface area contributed by atoms with Crippen LogP contribution in [0, 0.1) is 0 Å². The lowest BCUT2D eigenvalue weighted by Crippen LogP contribution is -1.94. The van der Waals surface area contributed by atoms with Crippen molar-refractivity contribution in [2.45, 2.75) is 0 Å². The Labute approximate surface area is 70.2 Å². The minimum atomic E-state index is -0.143. The first-order valence-electron chi connectivity index (χ1n) is 3.46. The van der Waals surface area contributed by atoms with Gasteiger partial charge in [0.1, 0.15) is 0 Å². The molecule has 12 heavy (non-hydrogen) atoms. The van der Waals surface area contributed by atoms with E-state index in [9.17, 15) is 0 Å². The summed E-state index contributed by atoms with van der Waals surface area (Å²) in [4.78, 5) is 0. The molecule has 0 heterocycles. The molecule has 0 amide bonds. The molecule has 0 aliphatic carbocycles.